The van der Waals surface area contributed by atoms with Gasteiger partial charge in [0.15, 0.2) is 0 Å². The van der Waals surface area contributed by atoms with Crippen molar-refractivity contribution < 1.29 is 19.8 Å². The summed E-state index contributed by atoms with van der Waals surface area (Å²) in [5, 5.41) is 22.8. The molecule has 0 aliphatic rings. The first-order chi connectivity index (χ1) is 9.49. The lowest BCUT2D eigenvalue weighted by Crippen LogP contribution is -2.24. The van der Waals surface area contributed by atoms with E-state index in [-0.39, 0.29) is 11.4 Å². The minimum atomic E-state index is -1.27. The van der Waals surface area contributed by atoms with Crippen LogP contribution in [0.4, 0.5) is 0 Å². The predicted molar refractivity (Wildman–Crippen MR) is 75.0 cm³/mol. The fraction of sp³-hybridized carbons (Fsp3) is 0.0667. The smallest absolute Gasteiger partial charge is 0.352 e. The number of phenolic OH excluding ortho intramolecular Hbond substituents is 1. The molecule has 0 aromatic heterocycles. The van der Waals surface area contributed by atoms with Gasteiger partial charge in [-0.1, -0.05) is 30.3 Å². The Balaban J connectivity index is 2.64. The van der Waals surface area contributed by atoms with Gasteiger partial charge in [-0.25, -0.2) is 4.79 Å². The molecule has 0 heterocycles. The quantitative estimate of drug-likeness (QED) is 0.746. The molecule has 0 saturated carbocycles. The van der Waals surface area contributed by atoms with Gasteiger partial charge in [-0.3, -0.25) is 4.79 Å². The Morgan fingerprint density at radius 2 is 1.85 bits per heavy atom. The van der Waals surface area contributed by atoms with Crippen molar-refractivity contribution in [1.29, 1.82) is 0 Å². The molecule has 0 saturated heterocycles. The summed E-state index contributed by atoms with van der Waals surface area (Å²) in [5.74, 6) is -1.81. The van der Waals surface area contributed by atoms with E-state index in [0.717, 1.165) is 5.39 Å². The monoisotopic (exact) mass is 271 g/mol. The fourth-order valence-corrected chi connectivity index (χ4v) is 1.92. The van der Waals surface area contributed by atoms with E-state index in [4.69, 9.17) is 5.11 Å². The molecule has 0 bridgehead atoms. The van der Waals surface area contributed by atoms with Crippen LogP contribution in [0.3, 0.4) is 0 Å². The molecule has 5 nitrogen and oxygen atoms in total. The number of carbonyl (C=O) groups is 2. The Labute approximate surface area is 115 Å². The molecule has 0 aliphatic carbocycles. The Morgan fingerprint density at radius 3 is 2.50 bits per heavy atom. The summed E-state index contributed by atoms with van der Waals surface area (Å²) >= 11 is 0. The Morgan fingerprint density at radius 1 is 1.15 bits per heavy atom. The predicted octanol–water partition coefficient (Wildman–Crippen LogP) is 2.11. The maximum atomic E-state index is 11.1. The molecule has 0 aliphatic heterocycles. The third-order valence-corrected chi connectivity index (χ3v) is 2.78. The third kappa shape index (κ3) is 2.77. The van der Waals surface area contributed by atoms with Crippen LogP contribution in [0, 0.1) is 0 Å². The standard InChI is InChI=1S/C15H13NO4/c1-9(17)16-13(15(19)20)8-12-11-5-3-2-4-10(11)6-7-14(12)18/h2-8,18H,1H3,(H,16,17)(H,19,20)/b13-8-. The van der Waals surface area contributed by atoms with Crippen molar-refractivity contribution in [2.75, 3.05) is 0 Å². The van der Waals surface area contributed by atoms with E-state index < -0.39 is 11.9 Å². The largest absolute Gasteiger partial charge is 0.507 e. The molecule has 2 aromatic carbocycles. The van der Waals surface area contributed by atoms with Crippen molar-refractivity contribution in [1.82, 2.24) is 5.32 Å². The Kier molecular flexibility index (Phi) is 3.70. The highest BCUT2D eigenvalue weighted by Gasteiger charge is 2.12. The minimum absolute atomic E-state index is 0.0483. The molecule has 1 amide bonds. The normalized spacial score (nSPS) is 11.3. The lowest BCUT2D eigenvalue weighted by atomic mass is 10.0. The molecule has 2 aromatic rings. The van der Waals surface area contributed by atoms with Crippen LogP contribution in [0.15, 0.2) is 42.1 Å². The summed E-state index contributed by atoms with van der Waals surface area (Å²) in [6, 6.07) is 10.5. The van der Waals surface area contributed by atoms with E-state index in [2.05, 4.69) is 5.32 Å². The van der Waals surface area contributed by atoms with Crippen molar-refractivity contribution >= 4 is 28.7 Å². The van der Waals surface area contributed by atoms with E-state index in [9.17, 15) is 14.7 Å². The van der Waals surface area contributed by atoms with Crippen LogP contribution in [0.25, 0.3) is 16.8 Å². The van der Waals surface area contributed by atoms with E-state index in [1.54, 1.807) is 18.2 Å². The second kappa shape index (κ2) is 5.44. The van der Waals surface area contributed by atoms with Crippen molar-refractivity contribution in [3.63, 3.8) is 0 Å². The van der Waals surface area contributed by atoms with Crippen LogP contribution < -0.4 is 5.32 Å². The maximum absolute atomic E-state index is 11.1. The first-order valence-corrected chi connectivity index (χ1v) is 5.92. The van der Waals surface area contributed by atoms with E-state index in [0.29, 0.717) is 10.9 Å². The molecule has 0 fully saturated rings. The highest BCUT2D eigenvalue weighted by molar-refractivity contribution is 6.01. The number of nitrogens with one attached hydrogen (secondary N) is 1. The number of benzene rings is 2. The lowest BCUT2D eigenvalue weighted by molar-refractivity contribution is -0.134. The number of carboxylic acids is 1. The maximum Gasteiger partial charge on any atom is 0.352 e. The van der Waals surface area contributed by atoms with Crippen molar-refractivity contribution in [2.45, 2.75) is 6.92 Å². The number of hydrogen-bond donors (Lipinski definition) is 3. The number of fused-ring (bicyclic) bond motifs is 1. The van der Waals surface area contributed by atoms with Gasteiger partial charge in [0.25, 0.3) is 0 Å². The lowest BCUT2D eigenvalue weighted by Gasteiger charge is -2.08. The van der Waals surface area contributed by atoms with E-state index in [1.165, 1.54) is 19.1 Å². The molecular formula is C15H13NO4. The number of amides is 1. The fourth-order valence-electron chi connectivity index (χ4n) is 1.92. The highest BCUT2D eigenvalue weighted by atomic mass is 16.4. The summed E-state index contributed by atoms with van der Waals surface area (Å²) in [7, 11) is 0. The van der Waals surface area contributed by atoms with Crippen LogP contribution in [0.2, 0.25) is 0 Å². The van der Waals surface area contributed by atoms with Crippen LogP contribution >= 0.6 is 0 Å². The van der Waals surface area contributed by atoms with Crippen molar-refractivity contribution in [2.24, 2.45) is 0 Å². The summed E-state index contributed by atoms with van der Waals surface area (Å²) in [6.07, 6.45) is 1.25. The second-order valence-electron chi connectivity index (χ2n) is 4.26. The SMILES string of the molecule is CC(=O)N/C(=C\c1c(O)ccc2ccccc12)C(=O)O. The molecule has 20 heavy (non-hydrogen) atoms. The van der Waals surface area contributed by atoms with E-state index >= 15 is 0 Å². The van der Waals surface area contributed by atoms with Crippen LogP contribution in [0.1, 0.15) is 12.5 Å². The number of rotatable bonds is 3. The summed E-state index contributed by atoms with van der Waals surface area (Å²) in [6.45, 7) is 1.22. The number of carbonyl (C=O) groups excluding carboxylic acids is 1. The number of aromatic hydroxyl groups is 1. The Hall–Kier alpha value is -2.82. The molecule has 3 N–H and O–H groups in total. The molecule has 0 radical (unpaired) electrons. The topological polar surface area (TPSA) is 86.6 Å². The first-order valence-electron chi connectivity index (χ1n) is 5.92. The number of phenols is 1. The zero-order valence-electron chi connectivity index (χ0n) is 10.8. The van der Waals surface area contributed by atoms with Gasteiger partial charge >= 0.3 is 5.97 Å². The summed E-state index contributed by atoms with van der Waals surface area (Å²) in [5.41, 5.74) is 0.0680. The zero-order valence-corrected chi connectivity index (χ0v) is 10.8. The van der Waals surface area contributed by atoms with Crippen molar-refractivity contribution in [3.05, 3.63) is 47.7 Å². The van der Waals surface area contributed by atoms with Gasteiger partial charge in [0.2, 0.25) is 5.91 Å². The average Bonchev–Trinajstić information content (AvgIpc) is 2.40. The van der Waals surface area contributed by atoms with Gasteiger partial charge in [-0.15, -0.1) is 0 Å². The van der Waals surface area contributed by atoms with E-state index in [1.807, 2.05) is 12.1 Å². The molecule has 0 unspecified atom stereocenters. The Bertz CT molecular complexity index is 719. The molecule has 2 rings (SSSR count). The minimum Gasteiger partial charge on any atom is -0.507 e. The van der Waals surface area contributed by atoms with Gasteiger partial charge in [-0.05, 0) is 22.9 Å². The average molecular weight is 271 g/mol. The van der Waals surface area contributed by atoms with Gasteiger partial charge in [0, 0.05) is 12.5 Å². The van der Waals surface area contributed by atoms with Crippen LogP contribution in [-0.2, 0) is 9.59 Å². The van der Waals surface area contributed by atoms with Crippen molar-refractivity contribution in [3.8, 4) is 5.75 Å². The highest BCUT2D eigenvalue weighted by Crippen LogP contribution is 2.28. The van der Waals surface area contributed by atoms with Gasteiger partial charge in [-0.2, -0.15) is 0 Å². The summed E-state index contributed by atoms with van der Waals surface area (Å²) in [4.78, 5) is 22.1. The molecule has 0 atom stereocenters. The number of aliphatic carboxylic acids is 1. The third-order valence-electron chi connectivity index (χ3n) is 2.78. The van der Waals surface area contributed by atoms with Gasteiger partial charge in [0.05, 0.1) is 0 Å². The second-order valence-corrected chi connectivity index (χ2v) is 4.26. The van der Waals surface area contributed by atoms with Crippen LogP contribution in [-0.4, -0.2) is 22.1 Å². The summed E-state index contributed by atoms with van der Waals surface area (Å²) < 4.78 is 0. The number of hydrogen-bond acceptors (Lipinski definition) is 3. The van der Waals surface area contributed by atoms with Gasteiger partial charge in [0.1, 0.15) is 11.4 Å². The van der Waals surface area contributed by atoms with Gasteiger partial charge < -0.3 is 15.5 Å². The first kappa shape index (κ1) is 13.6. The zero-order chi connectivity index (χ0) is 14.7. The molecule has 5 heteroatoms. The number of carboxylic acid groups (broad SMARTS) is 1. The molecular weight excluding hydrogens is 258 g/mol. The molecule has 0 spiro atoms. The molecule has 102 valence electrons. The van der Waals surface area contributed by atoms with Crippen LogP contribution in [0.5, 0.6) is 5.75 Å².